The van der Waals surface area contributed by atoms with Gasteiger partial charge in [0.05, 0.1) is 5.69 Å². The van der Waals surface area contributed by atoms with E-state index >= 15 is 0 Å². The van der Waals surface area contributed by atoms with Gasteiger partial charge in [0.2, 0.25) is 11.7 Å². The van der Waals surface area contributed by atoms with E-state index < -0.39 is 5.82 Å². The second kappa shape index (κ2) is 8.48. The van der Waals surface area contributed by atoms with Crippen molar-refractivity contribution in [3.63, 3.8) is 0 Å². The van der Waals surface area contributed by atoms with Crippen LogP contribution < -0.4 is 10.1 Å². The molecule has 1 N–H and O–H groups in total. The van der Waals surface area contributed by atoms with Gasteiger partial charge in [-0.3, -0.25) is 4.79 Å². The van der Waals surface area contributed by atoms with Crippen LogP contribution in [0.25, 0.3) is 11.3 Å². The highest BCUT2D eigenvalue weighted by Gasteiger charge is 2.11. The Morgan fingerprint density at radius 1 is 1.10 bits per heavy atom. The Morgan fingerprint density at radius 2 is 1.97 bits per heavy atom. The fraction of sp³-hybridized carbons (Fsp3) is 0.0952. The van der Waals surface area contributed by atoms with Crippen LogP contribution in [-0.4, -0.2) is 26.2 Å². The van der Waals surface area contributed by atoms with Crippen molar-refractivity contribution in [2.75, 3.05) is 5.32 Å². The molecule has 0 aliphatic rings. The van der Waals surface area contributed by atoms with E-state index in [2.05, 4.69) is 25.7 Å². The van der Waals surface area contributed by atoms with Crippen LogP contribution in [-0.2, 0) is 6.61 Å². The van der Waals surface area contributed by atoms with Gasteiger partial charge in [-0.15, -0.1) is 10.2 Å². The maximum atomic E-state index is 13.9. The van der Waals surface area contributed by atoms with E-state index in [1.54, 1.807) is 61.5 Å². The summed E-state index contributed by atoms with van der Waals surface area (Å²) in [4.78, 5) is 16.6. The van der Waals surface area contributed by atoms with Crippen molar-refractivity contribution in [2.24, 2.45) is 0 Å². The summed E-state index contributed by atoms with van der Waals surface area (Å²) in [6.07, 6.45) is 0. The molecule has 0 aliphatic heterocycles. The summed E-state index contributed by atoms with van der Waals surface area (Å²) in [6, 6.07) is 16.1. The lowest BCUT2D eigenvalue weighted by molar-refractivity contribution is 0.102. The first-order valence-corrected chi connectivity index (χ1v) is 9.00. The number of anilines is 1. The number of nitrogens with zero attached hydrogens (tertiary/aromatic N) is 4. The molecule has 0 saturated carbocycles. The van der Waals surface area contributed by atoms with Gasteiger partial charge in [0.25, 0.3) is 5.91 Å². The van der Waals surface area contributed by atoms with E-state index in [0.29, 0.717) is 34.3 Å². The fourth-order valence-electron chi connectivity index (χ4n) is 2.67. The lowest BCUT2D eigenvalue weighted by Crippen LogP contribution is -2.13. The molecule has 9 heteroatoms. The number of aryl methyl sites for hydroxylation is 1. The first kappa shape index (κ1) is 19.2. The molecule has 8 nitrogen and oxygen atoms in total. The number of amides is 1. The van der Waals surface area contributed by atoms with Crippen molar-refractivity contribution < 1.29 is 18.4 Å². The van der Waals surface area contributed by atoms with E-state index in [0.717, 1.165) is 0 Å². The summed E-state index contributed by atoms with van der Waals surface area (Å²) in [7, 11) is 0. The highest BCUT2D eigenvalue weighted by atomic mass is 19.1. The second-order valence-electron chi connectivity index (χ2n) is 6.28. The lowest BCUT2D eigenvalue weighted by atomic mass is 10.1. The number of benzene rings is 2. The Hall–Kier alpha value is -4.14. The SMILES string of the molecule is Cc1nc(COc2cccc(C(=O)Nc3ccc(-c4ccccc4F)nn3)c2)no1. The lowest BCUT2D eigenvalue weighted by Gasteiger charge is -2.08. The zero-order valence-electron chi connectivity index (χ0n) is 15.9. The quantitative estimate of drug-likeness (QED) is 0.520. The number of aromatic nitrogens is 4. The molecule has 4 rings (SSSR count). The van der Waals surface area contributed by atoms with E-state index in [1.165, 1.54) is 6.07 Å². The number of hydrogen-bond acceptors (Lipinski definition) is 7. The van der Waals surface area contributed by atoms with Crippen LogP contribution in [0.2, 0.25) is 0 Å². The summed E-state index contributed by atoms with van der Waals surface area (Å²) in [5, 5.41) is 14.3. The minimum Gasteiger partial charge on any atom is -0.485 e. The van der Waals surface area contributed by atoms with Crippen LogP contribution in [0.1, 0.15) is 22.1 Å². The average molecular weight is 405 g/mol. The Balaban J connectivity index is 1.41. The molecule has 1 amide bonds. The zero-order valence-corrected chi connectivity index (χ0v) is 15.9. The predicted molar refractivity (Wildman–Crippen MR) is 105 cm³/mol. The van der Waals surface area contributed by atoms with Crippen molar-refractivity contribution >= 4 is 11.7 Å². The van der Waals surface area contributed by atoms with Gasteiger partial charge in [-0.1, -0.05) is 23.4 Å². The molecule has 150 valence electrons. The molecule has 0 aliphatic carbocycles. The number of nitrogens with one attached hydrogen (secondary N) is 1. The third-order valence-corrected chi connectivity index (χ3v) is 4.09. The van der Waals surface area contributed by atoms with E-state index in [1.807, 2.05) is 0 Å². The zero-order chi connectivity index (χ0) is 20.9. The minimum atomic E-state index is -0.392. The predicted octanol–water partition coefficient (Wildman–Crippen LogP) is 3.81. The molecule has 30 heavy (non-hydrogen) atoms. The summed E-state index contributed by atoms with van der Waals surface area (Å²) >= 11 is 0. The van der Waals surface area contributed by atoms with Gasteiger partial charge in [0, 0.05) is 18.1 Å². The number of ether oxygens (including phenoxy) is 1. The summed E-state index contributed by atoms with van der Waals surface area (Å²) in [5.74, 6) is 0.802. The molecule has 0 saturated heterocycles. The molecule has 0 atom stereocenters. The second-order valence-corrected chi connectivity index (χ2v) is 6.28. The Labute approximate surface area is 170 Å². The summed E-state index contributed by atoms with van der Waals surface area (Å²) in [5.41, 5.74) is 1.08. The van der Waals surface area contributed by atoms with Gasteiger partial charge in [0.1, 0.15) is 11.6 Å². The van der Waals surface area contributed by atoms with Crippen LogP contribution in [0.5, 0.6) is 5.75 Å². The molecule has 2 heterocycles. The number of halogens is 1. The van der Waals surface area contributed by atoms with Crippen molar-refractivity contribution in [1.82, 2.24) is 20.3 Å². The Kier molecular flexibility index (Phi) is 5.42. The van der Waals surface area contributed by atoms with Crippen LogP contribution in [0.3, 0.4) is 0 Å². The normalized spacial score (nSPS) is 10.6. The molecule has 2 aromatic carbocycles. The summed E-state index contributed by atoms with van der Waals surface area (Å²) < 4.78 is 24.3. The molecule has 2 aromatic heterocycles. The fourth-order valence-corrected chi connectivity index (χ4v) is 2.67. The largest absolute Gasteiger partial charge is 0.485 e. The Bertz CT molecular complexity index is 1180. The van der Waals surface area contributed by atoms with Gasteiger partial charge >= 0.3 is 0 Å². The van der Waals surface area contributed by atoms with Crippen LogP contribution in [0.4, 0.5) is 10.2 Å². The monoisotopic (exact) mass is 405 g/mol. The van der Waals surface area contributed by atoms with Crippen molar-refractivity contribution in [1.29, 1.82) is 0 Å². The molecule has 0 spiro atoms. The molecule has 0 bridgehead atoms. The molecular formula is C21H16FN5O3. The number of carbonyl (C=O) groups excluding carboxylic acids is 1. The van der Waals surface area contributed by atoms with Crippen molar-refractivity contribution in [2.45, 2.75) is 13.5 Å². The first-order valence-electron chi connectivity index (χ1n) is 9.00. The molecule has 0 unspecified atom stereocenters. The molecule has 0 radical (unpaired) electrons. The highest BCUT2D eigenvalue weighted by Crippen LogP contribution is 2.21. The number of hydrogen-bond donors (Lipinski definition) is 1. The molecule has 0 fully saturated rings. The Morgan fingerprint density at radius 3 is 2.70 bits per heavy atom. The van der Waals surface area contributed by atoms with Gasteiger partial charge in [-0.25, -0.2) is 4.39 Å². The van der Waals surface area contributed by atoms with E-state index in [-0.39, 0.29) is 18.3 Å². The summed E-state index contributed by atoms with van der Waals surface area (Å²) in [6.45, 7) is 1.80. The third-order valence-electron chi connectivity index (χ3n) is 4.09. The topological polar surface area (TPSA) is 103 Å². The van der Waals surface area contributed by atoms with Gasteiger partial charge in [0.15, 0.2) is 12.4 Å². The first-order chi connectivity index (χ1) is 14.6. The van der Waals surface area contributed by atoms with E-state index in [9.17, 15) is 9.18 Å². The van der Waals surface area contributed by atoms with Crippen LogP contribution >= 0.6 is 0 Å². The minimum absolute atomic E-state index is 0.116. The standard InChI is InChI=1S/C21H16FN5O3/c1-13-23-20(27-30-13)12-29-15-6-4-5-14(11-15)21(28)24-19-10-9-18(25-26-19)16-7-2-3-8-17(16)22/h2-11H,12H2,1H3,(H,24,26,28). The molecular weight excluding hydrogens is 389 g/mol. The van der Waals surface area contributed by atoms with E-state index in [4.69, 9.17) is 9.26 Å². The van der Waals surface area contributed by atoms with Gasteiger partial charge < -0.3 is 14.6 Å². The van der Waals surface area contributed by atoms with Crippen LogP contribution in [0, 0.1) is 12.7 Å². The number of rotatable bonds is 6. The van der Waals surface area contributed by atoms with Crippen molar-refractivity contribution in [3.05, 3.63) is 83.8 Å². The maximum Gasteiger partial charge on any atom is 0.256 e. The maximum absolute atomic E-state index is 13.9. The van der Waals surface area contributed by atoms with Gasteiger partial charge in [-0.05, 0) is 42.5 Å². The smallest absolute Gasteiger partial charge is 0.256 e. The number of carbonyl (C=O) groups is 1. The average Bonchev–Trinajstić information content (AvgIpc) is 3.19. The van der Waals surface area contributed by atoms with Crippen LogP contribution in [0.15, 0.2) is 65.2 Å². The van der Waals surface area contributed by atoms with Gasteiger partial charge in [-0.2, -0.15) is 4.98 Å². The third kappa shape index (κ3) is 4.46. The van der Waals surface area contributed by atoms with Crippen molar-refractivity contribution in [3.8, 4) is 17.0 Å². The highest BCUT2D eigenvalue weighted by molar-refractivity contribution is 6.04. The molecule has 4 aromatic rings.